The van der Waals surface area contributed by atoms with E-state index in [1.54, 1.807) is 13.3 Å². The van der Waals surface area contributed by atoms with E-state index in [2.05, 4.69) is 15.0 Å². The Morgan fingerprint density at radius 2 is 2.11 bits per heavy atom. The van der Waals surface area contributed by atoms with E-state index in [1.165, 1.54) is 0 Å². The number of H-pyrrole nitrogens is 1. The average molecular weight is 254 g/mol. The first kappa shape index (κ1) is 11.6. The van der Waals surface area contributed by atoms with Crippen molar-refractivity contribution >= 4 is 17.7 Å². The van der Waals surface area contributed by atoms with Gasteiger partial charge in [0.15, 0.2) is 5.82 Å². The number of fused-ring (bicyclic) bond motifs is 1. The molecule has 1 aromatic heterocycles. The lowest BCUT2D eigenvalue weighted by molar-refractivity contribution is 0.414. The first-order valence-electron chi connectivity index (χ1n) is 6.07. The van der Waals surface area contributed by atoms with Crippen LogP contribution < -0.4 is 4.74 Å². The molecule has 0 saturated carbocycles. The summed E-state index contributed by atoms with van der Waals surface area (Å²) in [4.78, 5) is 11.8. The molecule has 1 aliphatic rings. The van der Waals surface area contributed by atoms with Crippen LogP contribution >= 0.6 is 0 Å². The van der Waals surface area contributed by atoms with Gasteiger partial charge in [0.05, 0.1) is 24.7 Å². The molecule has 3 rings (SSSR count). The highest BCUT2D eigenvalue weighted by molar-refractivity contribution is 6.31. The summed E-state index contributed by atoms with van der Waals surface area (Å²) in [6.45, 7) is 0. The fourth-order valence-corrected chi connectivity index (χ4v) is 2.08. The van der Waals surface area contributed by atoms with Crippen LogP contribution in [0.1, 0.15) is 17.1 Å². The van der Waals surface area contributed by atoms with Gasteiger partial charge in [-0.15, -0.1) is 0 Å². The van der Waals surface area contributed by atoms with Gasteiger partial charge in [-0.3, -0.25) is 0 Å². The van der Waals surface area contributed by atoms with Crippen LogP contribution in [-0.4, -0.2) is 29.0 Å². The Morgan fingerprint density at radius 3 is 2.84 bits per heavy atom. The molecule has 19 heavy (non-hydrogen) atoms. The largest absolute Gasteiger partial charge is 0.497 e. The lowest BCUT2D eigenvalue weighted by Crippen LogP contribution is -2.07. The molecule has 2 aromatic rings. The Bertz CT molecular complexity index is 640. The zero-order chi connectivity index (χ0) is 13.2. The molecule has 1 aromatic carbocycles. The Morgan fingerprint density at radius 1 is 1.32 bits per heavy atom. The summed E-state index contributed by atoms with van der Waals surface area (Å²) in [5, 5.41) is 7.58. The van der Waals surface area contributed by atoms with Gasteiger partial charge in [0.25, 0.3) is 0 Å². The number of ether oxygens (including phenoxy) is 1. The normalized spacial score (nSPS) is 13.4. The Balaban J connectivity index is 1.80. The number of aliphatic imine (C=N–C) groups is 1. The second-order valence-electron chi connectivity index (χ2n) is 4.47. The summed E-state index contributed by atoms with van der Waals surface area (Å²) in [5.74, 6) is 2.43. The number of methoxy groups -OCH3 is 1. The number of aromatic nitrogens is 2. The number of imidazole rings is 1. The fraction of sp³-hybridized carbons (Fsp3) is 0.214. The lowest BCUT2D eigenvalue weighted by Gasteiger charge is -2.02. The van der Waals surface area contributed by atoms with Gasteiger partial charge in [-0.2, -0.15) is 0 Å². The lowest BCUT2D eigenvalue weighted by atomic mass is 10.1. The van der Waals surface area contributed by atoms with Crippen LogP contribution in [0.5, 0.6) is 5.75 Å². The highest BCUT2D eigenvalue weighted by Gasteiger charge is 2.14. The molecule has 96 valence electrons. The standard InChI is InChI=1S/C14H14N4O/c1-19-11-4-2-9(3-5-11)6-13-17-12-7-10(15)8-16-14(12)18-13/h2-5,8,15H,6-7H2,1H3,(H,17,18). The summed E-state index contributed by atoms with van der Waals surface area (Å²) in [6, 6.07) is 7.91. The minimum atomic E-state index is 0.507. The molecule has 2 N–H and O–H groups in total. The van der Waals surface area contributed by atoms with E-state index in [1.807, 2.05) is 24.3 Å². The van der Waals surface area contributed by atoms with Crippen LogP contribution in [-0.2, 0) is 12.8 Å². The molecule has 0 atom stereocenters. The second-order valence-corrected chi connectivity index (χ2v) is 4.47. The summed E-state index contributed by atoms with van der Waals surface area (Å²) in [6.07, 6.45) is 2.86. The molecule has 0 radical (unpaired) electrons. The quantitative estimate of drug-likeness (QED) is 0.881. The van der Waals surface area contributed by atoms with Gasteiger partial charge in [0.1, 0.15) is 11.6 Å². The maximum absolute atomic E-state index is 7.58. The summed E-state index contributed by atoms with van der Waals surface area (Å²) in [5.41, 5.74) is 2.59. The molecule has 5 heteroatoms. The molecule has 0 unspecified atom stereocenters. The van der Waals surface area contributed by atoms with Crippen molar-refractivity contribution in [2.24, 2.45) is 4.99 Å². The molecule has 0 saturated heterocycles. The van der Waals surface area contributed by atoms with Crippen LogP contribution in [0.25, 0.3) is 0 Å². The summed E-state index contributed by atoms with van der Waals surface area (Å²) in [7, 11) is 1.66. The number of nitrogens with one attached hydrogen (secondary N) is 2. The number of benzene rings is 1. The maximum Gasteiger partial charge on any atom is 0.173 e. The van der Waals surface area contributed by atoms with Crippen molar-refractivity contribution in [2.75, 3.05) is 7.11 Å². The van der Waals surface area contributed by atoms with Crippen molar-refractivity contribution in [2.45, 2.75) is 12.8 Å². The van der Waals surface area contributed by atoms with Gasteiger partial charge in [-0.25, -0.2) is 9.98 Å². The van der Waals surface area contributed by atoms with Crippen LogP contribution in [0.4, 0.5) is 5.82 Å². The smallest absolute Gasteiger partial charge is 0.173 e. The Hall–Kier alpha value is -2.43. The zero-order valence-electron chi connectivity index (χ0n) is 10.6. The van der Waals surface area contributed by atoms with Gasteiger partial charge >= 0.3 is 0 Å². The van der Waals surface area contributed by atoms with E-state index in [4.69, 9.17) is 10.1 Å². The van der Waals surface area contributed by atoms with Gasteiger partial charge in [-0.1, -0.05) is 12.1 Å². The molecule has 0 fully saturated rings. The second kappa shape index (κ2) is 4.68. The average Bonchev–Trinajstić information content (AvgIpc) is 2.81. The fourth-order valence-electron chi connectivity index (χ4n) is 2.08. The monoisotopic (exact) mass is 254 g/mol. The number of nitrogens with zero attached hydrogens (tertiary/aromatic N) is 2. The Kier molecular flexibility index (Phi) is 2.87. The molecule has 0 bridgehead atoms. The van der Waals surface area contributed by atoms with Crippen molar-refractivity contribution < 1.29 is 4.74 Å². The zero-order valence-corrected chi connectivity index (χ0v) is 10.6. The van der Waals surface area contributed by atoms with E-state index in [9.17, 15) is 0 Å². The third kappa shape index (κ3) is 2.40. The van der Waals surface area contributed by atoms with Crippen LogP contribution in [0.3, 0.4) is 0 Å². The van der Waals surface area contributed by atoms with Crippen molar-refractivity contribution in [1.82, 2.24) is 9.97 Å². The first-order valence-corrected chi connectivity index (χ1v) is 6.07. The van der Waals surface area contributed by atoms with Crippen molar-refractivity contribution in [3.8, 4) is 5.75 Å². The minimum absolute atomic E-state index is 0.507. The SMILES string of the molecule is COc1ccc(Cc2nc3c([nH]2)CC(=N)C=N3)cc1. The predicted molar refractivity (Wildman–Crippen MR) is 74.0 cm³/mol. The molecule has 1 aliphatic heterocycles. The number of hydrogen-bond donors (Lipinski definition) is 2. The van der Waals surface area contributed by atoms with Gasteiger partial charge in [-0.05, 0) is 17.7 Å². The molecule has 5 nitrogen and oxygen atoms in total. The maximum atomic E-state index is 7.58. The molecule has 2 heterocycles. The third-order valence-corrected chi connectivity index (χ3v) is 3.05. The van der Waals surface area contributed by atoms with E-state index in [0.29, 0.717) is 18.0 Å². The Labute approximate surface area is 110 Å². The molecule has 0 amide bonds. The van der Waals surface area contributed by atoms with Gasteiger partial charge in [0.2, 0.25) is 0 Å². The van der Waals surface area contributed by atoms with Crippen LogP contribution in [0.15, 0.2) is 29.3 Å². The van der Waals surface area contributed by atoms with E-state index >= 15 is 0 Å². The minimum Gasteiger partial charge on any atom is -0.497 e. The van der Waals surface area contributed by atoms with Crippen molar-refractivity contribution in [3.05, 3.63) is 41.3 Å². The van der Waals surface area contributed by atoms with E-state index < -0.39 is 0 Å². The summed E-state index contributed by atoms with van der Waals surface area (Å²) >= 11 is 0. The van der Waals surface area contributed by atoms with E-state index in [-0.39, 0.29) is 0 Å². The topological polar surface area (TPSA) is 74.1 Å². The molecular weight excluding hydrogens is 240 g/mol. The number of rotatable bonds is 3. The van der Waals surface area contributed by atoms with Crippen molar-refractivity contribution in [1.29, 1.82) is 5.41 Å². The van der Waals surface area contributed by atoms with Crippen LogP contribution in [0, 0.1) is 5.41 Å². The highest BCUT2D eigenvalue weighted by atomic mass is 16.5. The van der Waals surface area contributed by atoms with Gasteiger partial charge < -0.3 is 15.1 Å². The van der Waals surface area contributed by atoms with Gasteiger partial charge in [0, 0.05) is 12.8 Å². The summed E-state index contributed by atoms with van der Waals surface area (Å²) < 4.78 is 5.13. The number of aromatic amines is 1. The number of hydrogen-bond acceptors (Lipinski definition) is 4. The highest BCUT2D eigenvalue weighted by Crippen LogP contribution is 2.21. The molecule has 0 spiro atoms. The third-order valence-electron chi connectivity index (χ3n) is 3.05. The predicted octanol–water partition coefficient (Wildman–Crippen LogP) is 2.29. The molecule has 0 aliphatic carbocycles. The first-order chi connectivity index (χ1) is 9.24. The van der Waals surface area contributed by atoms with E-state index in [0.717, 1.165) is 29.3 Å². The molecular formula is C14H14N4O. The van der Waals surface area contributed by atoms with Crippen molar-refractivity contribution in [3.63, 3.8) is 0 Å². The van der Waals surface area contributed by atoms with Crippen LogP contribution in [0.2, 0.25) is 0 Å².